The summed E-state index contributed by atoms with van der Waals surface area (Å²) in [7, 11) is 3.33. The van der Waals surface area contributed by atoms with Gasteiger partial charge in [0, 0.05) is 39.3 Å². The highest BCUT2D eigenvalue weighted by atomic mass is 127. The summed E-state index contributed by atoms with van der Waals surface area (Å²) in [5.41, 5.74) is 1.06. The van der Waals surface area contributed by atoms with Crippen molar-refractivity contribution in [1.82, 2.24) is 10.6 Å². The van der Waals surface area contributed by atoms with Crippen molar-refractivity contribution in [2.24, 2.45) is 4.99 Å². The van der Waals surface area contributed by atoms with Crippen LogP contribution in [-0.4, -0.2) is 65.2 Å². The quantitative estimate of drug-likeness (QED) is 0.241. The van der Waals surface area contributed by atoms with E-state index in [0.717, 1.165) is 30.9 Å². The van der Waals surface area contributed by atoms with E-state index < -0.39 is 12.8 Å². The third-order valence-electron chi connectivity index (χ3n) is 4.20. The molecule has 1 aromatic carbocycles. The Hall–Kier alpha value is -1.43. The summed E-state index contributed by atoms with van der Waals surface area (Å²) in [6.07, 6.45) is -2.86. The Morgan fingerprint density at radius 2 is 2.07 bits per heavy atom. The average Bonchev–Trinajstić information content (AvgIpc) is 3.11. The van der Waals surface area contributed by atoms with Gasteiger partial charge < -0.3 is 25.0 Å². The second kappa shape index (κ2) is 12.2. The maximum absolute atomic E-state index is 12.0. The molecule has 28 heavy (non-hydrogen) atoms. The molecule has 0 aliphatic carbocycles. The molecule has 0 bridgehead atoms. The number of para-hydroxylation sites is 2. The minimum Gasteiger partial charge on any atom is -0.495 e. The molecule has 10 heteroatoms. The number of benzene rings is 1. The average molecular weight is 516 g/mol. The minimum absolute atomic E-state index is 0. The van der Waals surface area contributed by atoms with Crippen molar-refractivity contribution in [3.05, 3.63) is 24.3 Å². The maximum atomic E-state index is 12.0. The zero-order valence-corrected chi connectivity index (χ0v) is 18.4. The molecule has 2 rings (SSSR count). The van der Waals surface area contributed by atoms with E-state index in [9.17, 15) is 13.2 Å². The normalized spacial score (nSPS) is 17.2. The van der Waals surface area contributed by atoms with Gasteiger partial charge in [0.2, 0.25) is 0 Å². The predicted molar refractivity (Wildman–Crippen MR) is 115 cm³/mol. The van der Waals surface area contributed by atoms with Gasteiger partial charge in [0.1, 0.15) is 12.4 Å². The van der Waals surface area contributed by atoms with Crippen LogP contribution in [0.2, 0.25) is 0 Å². The fourth-order valence-corrected chi connectivity index (χ4v) is 2.94. The summed E-state index contributed by atoms with van der Waals surface area (Å²) < 4.78 is 46.0. The number of guanidine groups is 1. The van der Waals surface area contributed by atoms with Crippen LogP contribution in [0.25, 0.3) is 0 Å². The van der Waals surface area contributed by atoms with Gasteiger partial charge in [0.05, 0.1) is 12.8 Å². The Labute approximate surface area is 180 Å². The van der Waals surface area contributed by atoms with Gasteiger partial charge >= 0.3 is 6.18 Å². The molecule has 0 spiro atoms. The van der Waals surface area contributed by atoms with Gasteiger partial charge in [-0.1, -0.05) is 12.1 Å². The van der Waals surface area contributed by atoms with Gasteiger partial charge in [-0.15, -0.1) is 24.0 Å². The van der Waals surface area contributed by atoms with Gasteiger partial charge in [-0.2, -0.15) is 13.2 Å². The number of halogens is 4. The van der Waals surface area contributed by atoms with Crippen molar-refractivity contribution in [2.75, 3.05) is 51.9 Å². The molecule has 1 fully saturated rings. The van der Waals surface area contributed by atoms with Gasteiger partial charge in [0.25, 0.3) is 0 Å². The van der Waals surface area contributed by atoms with Gasteiger partial charge in [-0.3, -0.25) is 4.99 Å². The first-order chi connectivity index (χ1) is 12.9. The molecule has 2 N–H and O–H groups in total. The van der Waals surface area contributed by atoms with Crippen LogP contribution in [0.5, 0.6) is 5.75 Å². The lowest BCUT2D eigenvalue weighted by atomic mass is 10.2. The molecular formula is C18H28F3IN4O2. The molecule has 0 aromatic heterocycles. The molecule has 0 radical (unpaired) electrons. The van der Waals surface area contributed by atoms with Crippen molar-refractivity contribution in [1.29, 1.82) is 0 Å². The van der Waals surface area contributed by atoms with E-state index in [1.54, 1.807) is 14.2 Å². The number of nitrogens with one attached hydrogen (secondary N) is 2. The molecule has 1 heterocycles. The highest BCUT2D eigenvalue weighted by Crippen LogP contribution is 2.30. The number of nitrogens with zero attached hydrogens (tertiary/aromatic N) is 2. The highest BCUT2D eigenvalue weighted by molar-refractivity contribution is 14.0. The summed E-state index contributed by atoms with van der Waals surface area (Å²) >= 11 is 0. The number of rotatable bonds is 8. The topological polar surface area (TPSA) is 58.1 Å². The first-order valence-electron chi connectivity index (χ1n) is 8.92. The first-order valence-corrected chi connectivity index (χ1v) is 8.92. The van der Waals surface area contributed by atoms with E-state index in [1.165, 1.54) is 0 Å². The van der Waals surface area contributed by atoms with Gasteiger partial charge in [0.15, 0.2) is 5.96 Å². The van der Waals surface area contributed by atoms with Crippen LogP contribution in [0.4, 0.5) is 18.9 Å². The smallest absolute Gasteiger partial charge is 0.411 e. The van der Waals surface area contributed by atoms with E-state index in [-0.39, 0.29) is 36.6 Å². The maximum Gasteiger partial charge on any atom is 0.411 e. The fraction of sp³-hybridized carbons (Fsp3) is 0.611. The van der Waals surface area contributed by atoms with Crippen molar-refractivity contribution in [3.8, 4) is 5.75 Å². The molecule has 160 valence electrons. The number of ether oxygens (including phenoxy) is 2. The summed E-state index contributed by atoms with van der Waals surface area (Å²) in [4.78, 5) is 6.43. The number of alkyl halides is 3. The van der Waals surface area contributed by atoms with E-state index in [4.69, 9.17) is 4.74 Å². The minimum atomic E-state index is -4.28. The van der Waals surface area contributed by atoms with Gasteiger partial charge in [-0.25, -0.2) is 0 Å². The second-order valence-electron chi connectivity index (χ2n) is 6.27. The molecule has 1 atom stereocenters. The Kier molecular flexibility index (Phi) is 10.7. The summed E-state index contributed by atoms with van der Waals surface area (Å²) in [5, 5.41) is 6.46. The largest absolute Gasteiger partial charge is 0.495 e. The van der Waals surface area contributed by atoms with Crippen molar-refractivity contribution in [2.45, 2.75) is 25.1 Å². The Morgan fingerprint density at radius 3 is 2.75 bits per heavy atom. The number of hydrogen-bond acceptors (Lipinski definition) is 4. The van der Waals surface area contributed by atoms with E-state index >= 15 is 0 Å². The van der Waals surface area contributed by atoms with Crippen molar-refractivity contribution >= 4 is 35.6 Å². The third kappa shape index (κ3) is 8.29. The molecular weight excluding hydrogens is 488 g/mol. The van der Waals surface area contributed by atoms with E-state index in [2.05, 4.69) is 25.3 Å². The lowest BCUT2D eigenvalue weighted by molar-refractivity contribution is -0.173. The lowest BCUT2D eigenvalue weighted by Crippen LogP contribution is -2.45. The van der Waals surface area contributed by atoms with Crippen LogP contribution in [-0.2, 0) is 4.74 Å². The van der Waals surface area contributed by atoms with E-state index in [1.807, 2.05) is 24.3 Å². The monoisotopic (exact) mass is 516 g/mol. The van der Waals surface area contributed by atoms with Crippen LogP contribution in [0.15, 0.2) is 29.3 Å². The number of anilines is 1. The summed E-state index contributed by atoms with van der Waals surface area (Å²) in [5.74, 6) is 1.48. The fourth-order valence-electron chi connectivity index (χ4n) is 2.94. The molecule has 0 amide bonds. The Balaban J connectivity index is 0.00000392. The standard InChI is InChI=1S/C18H27F3N4O2.HI/c1-22-17(23-9-5-11-27-13-18(19,20)21)24-14-8-10-25(12-14)15-6-3-4-7-16(15)26-2;/h3-4,6-7,14H,5,8-13H2,1-2H3,(H2,22,23,24);1H. The second-order valence-corrected chi connectivity index (χ2v) is 6.27. The van der Waals surface area contributed by atoms with Crippen molar-refractivity contribution < 1.29 is 22.6 Å². The van der Waals surface area contributed by atoms with Crippen LogP contribution in [0.3, 0.4) is 0 Å². The van der Waals surface area contributed by atoms with Crippen LogP contribution < -0.4 is 20.3 Å². The van der Waals surface area contributed by atoms with Crippen LogP contribution >= 0.6 is 24.0 Å². The molecule has 6 nitrogen and oxygen atoms in total. The summed E-state index contributed by atoms with van der Waals surface area (Å²) in [6, 6.07) is 8.13. The predicted octanol–water partition coefficient (Wildman–Crippen LogP) is 3.03. The van der Waals surface area contributed by atoms with Crippen LogP contribution in [0.1, 0.15) is 12.8 Å². The molecule has 1 unspecified atom stereocenters. The Morgan fingerprint density at radius 1 is 1.32 bits per heavy atom. The molecule has 0 saturated carbocycles. The zero-order valence-electron chi connectivity index (χ0n) is 16.1. The molecule has 1 saturated heterocycles. The number of aliphatic imine (C=N–C) groups is 1. The highest BCUT2D eigenvalue weighted by Gasteiger charge is 2.27. The summed E-state index contributed by atoms with van der Waals surface area (Å²) in [6.45, 7) is 1.05. The molecule has 1 aliphatic rings. The Bertz CT molecular complexity index is 617. The zero-order chi connectivity index (χ0) is 19.7. The lowest BCUT2D eigenvalue weighted by Gasteiger charge is -2.22. The first kappa shape index (κ1) is 24.6. The number of methoxy groups -OCH3 is 1. The third-order valence-corrected chi connectivity index (χ3v) is 4.20. The van der Waals surface area contributed by atoms with Gasteiger partial charge in [-0.05, 0) is 25.0 Å². The van der Waals surface area contributed by atoms with E-state index in [0.29, 0.717) is 18.9 Å². The number of hydrogen-bond donors (Lipinski definition) is 2. The van der Waals surface area contributed by atoms with Crippen molar-refractivity contribution in [3.63, 3.8) is 0 Å². The SMILES string of the molecule is CN=C(NCCCOCC(F)(F)F)NC1CCN(c2ccccc2OC)C1.I. The van der Waals surface area contributed by atoms with Crippen LogP contribution in [0, 0.1) is 0 Å². The molecule has 1 aliphatic heterocycles. The molecule has 1 aromatic rings.